The summed E-state index contributed by atoms with van der Waals surface area (Å²) in [5, 5.41) is 8.97. The summed E-state index contributed by atoms with van der Waals surface area (Å²) in [4.78, 5) is 26.8. The fraction of sp³-hybridized carbons (Fsp3) is 0.481. The van der Waals surface area contributed by atoms with Crippen molar-refractivity contribution in [1.29, 1.82) is 0 Å². The Morgan fingerprint density at radius 2 is 1.64 bits per heavy atom. The monoisotopic (exact) mass is 453 g/mol. The standard InChI is InChI=1S/C27H35NO5/c1-32-23-15-13-22(14-16-23)27(19-24(20-27)33-2)26(31)28(17-7-6-12-25(29)30)18-8-11-21-9-4-3-5-10-21/h3-5,9-10,13-16,24H,6-8,11-12,17-20H2,1-2H3,(H,29,30)/t24-,27+. The molecule has 1 fully saturated rings. The molecule has 0 bridgehead atoms. The number of ether oxygens (including phenoxy) is 2. The second kappa shape index (κ2) is 11.8. The van der Waals surface area contributed by atoms with Gasteiger partial charge in [0.2, 0.25) is 5.91 Å². The molecule has 0 heterocycles. The summed E-state index contributed by atoms with van der Waals surface area (Å²) >= 11 is 0. The van der Waals surface area contributed by atoms with E-state index in [-0.39, 0.29) is 18.4 Å². The van der Waals surface area contributed by atoms with Crippen molar-refractivity contribution in [2.45, 2.75) is 56.5 Å². The lowest BCUT2D eigenvalue weighted by Crippen LogP contribution is -2.57. The van der Waals surface area contributed by atoms with Crippen molar-refractivity contribution in [3.8, 4) is 5.75 Å². The Kier molecular flexibility index (Phi) is 8.89. The molecule has 1 aliphatic carbocycles. The number of amides is 1. The van der Waals surface area contributed by atoms with Crippen molar-refractivity contribution in [2.75, 3.05) is 27.3 Å². The third-order valence-electron chi connectivity index (χ3n) is 6.63. The molecule has 0 spiro atoms. The molecule has 0 saturated heterocycles. The van der Waals surface area contributed by atoms with Crippen LogP contribution in [-0.2, 0) is 26.2 Å². The molecular weight excluding hydrogens is 418 g/mol. The lowest BCUT2D eigenvalue weighted by molar-refractivity contribution is -0.147. The van der Waals surface area contributed by atoms with Gasteiger partial charge in [0.15, 0.2) is 0 Å². The van der Waals surface area contributed by atoms with Gasteiger partial charge in [-0.15, -0.1) is 0 Å². The van der Waals surface area contributed by atoms with E-state index in [1.54, 1.807) is 14.2 Å². The SMILES string of the molecule is COc1ccc([C@]2(C(=O)N(CCCCC(=O)O)CCCc3ccccc3)C[C@@H](OC)C2)cc1. The number of benzene rings is 2. The highest BCUT2D eigenvalue weighted by Gasteiger charge is 2.53. The number of carbonyl (C=O) groups is 2. The summed E-state index contributed by atoms with van der Waals surface area (Å²) in [6.45, 7) is 1.22. The number of nitrogens with zero attached hydrogens (tertiary/aromatic N) is 1. The first-order valence-electron chi connectivity index (χ1n) is 11.7. The van der Waals surface area contributed by atoms with E-state index in [1.807, 2.05) is 47.4 Å². The summed E-state index contributed by atoms with van der Waals surface area (Å²) in [7, 11) is 3.32. The molecular formula is C27H35NO5. The van der Waals surface area contributed by atoms with Crippen molar-refractivity contribution in [2.24, 2.45) is 0 Å². The van der Waals surface area contributed by atoms with Crippen LogP contribution in [0.25, 0.3) is 0 Å². The molecule has 1 N–H and O–H groups in total. The van der Waals surface area contributed by atoms with Gasteiger partial charge in [-0.05, 0) is 61.8 Å². The van der Waals surface area contributed by atoms with Gasteiger partial charge in [0.25, 0.3) is 0 Å². The highest BCUT2D eigenvalue weighted by molar-refractivity contribution is 5.89. The number of aryl methyl sites for hydroxylation is 1. The molecule has 3 rings (SSSR count). The van der Waals surface area contributed by atoms with Gasteiger partial charge in [0, 0.05) is 26.6 Å². The summed E-state index contributed by atoms with van der Waals surface area (Å²) in [5.74, 6) is 0.0790. The Morgan fingerprint density at radius 1 is 0.970 bits per heavy atom. The van der Waals surface area contributed by atoms with E-state index in [0.29, 0.717) is 38.8 Å². The van der Waals surface area contributed by atoms with Gasteiger partial charge in [-0.1, -0.05) is 42.5 Å². The number of carboxylic acids is 1. The maximum absolute atomic E-state index is 14.0. The van der Waals surface area contributed by atoms with E-state index in [4.69, 9.17) is 14.6 Å². The van der Waals surface area contributed by atoms with E-state index in [9.17, 15) is 9.59 Å². The molecule has 0 aromatic heterocycles. The van der Waals surface area contributed by atoms with Gasteiger partial charge in [-0.25, -0.2) is 0 Å². The molecule has 0 atom stereocenters. The van der Waals surface area contributed by atoms with Crippen LogP contribution in [0.2, 0.25) is 0 Å². The summed E-state index contributed by atoms with van der Waals surface area (Å²) in [6.07, 6.45) is 4.49. The molecule has 178 valence electrons. The smallest absolute Gasteiger partial charge is 0.303 e. The fourth-order valence-corrected chi connectivity index (χ4v) is 4.64. The van der Waals surface area contributed by atoms with E-state index in [1.165, 1.54) is 5.56 Å². The summed E-state index contributed by atoms with van der Waals surface area (Å²) in [6, 6.07) is 18.0. The van der Waals surface area contributed by atoms with Gasteiger partial charge < -0.3 is 19.5 Å². The lowest BCUT2D eigenvalue weighted by Gasteiger charge is -2.48. The fourth-order valence-electron chi connectivity index (χ4n) is 4.64. The largest absolute Gasteiger partial charge is 0.497 e. The highest BCUT2D eigenvalue weighted by Crippen LogP contribution is 2.47. The van der Waals surface area contributed by atoms with Gasteiger partial charge in [-0.3, -0.25) is 9.59 Å². The minimum Gasteiger partial charge on any atom is -0.497 e. The maximum atomic E-state index is 14.0. The first-order valence-corrected chi connectivity index (χ1v) is 11.7. The van der Waals surface area contributed by atoms with Crippen LogP contribution in [0.3, 0.4) is 0 Å². The van der Waals surface area contributed by atoms with Gasteiger partial charge >= 0.3 is 5.97 Å². The van der Waals surface area contributed by atoms with E-state index in [2.05, 4.69) is 12.1 Å². The van der Waals surface area contributed by atoms with Crippen molar-refractivity contribution in [3.63, 3.8) is 0 Å². The van der Waals surface area contributed by atoms with Crippen LogP contribution in [0.1, 0.15) is 49.7 Å². The first kappa shape index (κ1) is 24.8. The Bertz CT molecular complexity index is 890. The maximum Gasteiger partial charge on any atom is 0.303 e. The predicted octanol–water partition coefficient (Wildman–Crippen LogP) is 4.46. The summed E-state index contributed by atoms with van der Waals surface area (Å²) in [5.41, 5.74) is 1.64. The third-order valence-corrected chi connectivity index (χ3v) is 6.63. The average Bonchev–Trinajstić information content (AvgIpc) is 2.81. The zero-order chi connectivity index (χ0) is 23.7. The number of hydrogen-bond donors (Lipinski definition) is 1. The molecule has 0 unspecified atom stereocenters. The molecule has 2 aromatic rings. The number of unbranched alkanes of at least 4 members (excludes halogenated alkanes) is 1. The molecule has 1 aliphatic rings. The molecule has 1 amide bonds. The third kappa shape index (κ3) is 6.35. The molecule has 6 nitrogen and oxygen atoms in total. The summed E-state index contributed by atoms with van der Waals surface area (Å²) < 4.78 is 10.8. The van der Waals surface area contributed by atoms with Gasteiger partial charge in [-0.2, -0.15) is 0 Å². The number of carbonyl (C=O) groups excluding carboxylic acids is 1. The Hall–Kier alpha value is -2.86. The Labute approximate surface area is 196 Å². The average molecular weight is 454 g/mol. The quantitative estimate of drug-likeness (QED) is 0.453. The second-order valence-corrected chi connectivity index (χ2v) is 8.81. The zero-order valence-corrected chi connectivity index (χ0v) is 19.7. The molecule has 1 saturated carbocycles. The van der Waals surface area contributed by atoms with Crippen LogP contribution in [0.15, 0.2) is 54.6 Å². The molecule has 2 aromatic carbocycles. The predicted molar refractivity (Wildman–Crippen MR) is 128 cm³/mol. The van der Waals surface area contributed by atoms with E-state index < -0.39 is 11.4 Å². The van der Waals surface area contributed by atoms with Crippen molar-refractivity contribution < 1.29 is 24.2 Å². The Balaban J connectivity index is 1.75. The van der Waals surface area contributed by atoms with Crippen molar-refractivity contribution >= 4 is 11.9 Å². The number of methoxy groups -OCH3 is 2. The molecule has 0 aliphatic heterocycles. The minimum atomic E-state index is -0.798. The van der Waals surface area contributed by atoms with Crippen LogP contribution >= 0.6 is 0 Å². The van der Waals surface area contributed by atoms with Crippen LogP contribution < -0.4 is 4.74 Å². The van der Waals surface area contributed by atoms with E-state index in [0.717, 1.165) is 24.2 Å². The number of rotatable bonds is 13. The number of carboxylic acid groups (broad SMARTS) is 1. The normalized spacial score (nSPS) is 19.5. The van der Waals surface area contributed by atoms with Gasteiger partial charge in [0.1, 0.15) is 5.75 Å². The van der Waals surface area contributed by atoms with Gasteiger partial charge in [0.05, 0.1) is 18.6 Å². The first-order chi connectivity index (χ1) is 16.0. The molecule has 0 radical (unpaired) electrons. The molecule has 33 heavy (non-hydrogen) atoms. The van der Waals surface area contributed by atoms with Crippen molar-refractivity contribution in [3.05, 3.63) is 65.7 Å². The number of aliphatic carboxylic acids is 1. The lowest BCUT2D eigenvalue weighted by atomic mass is 9.61. The van der Waals surface area contributed by atoms with Crippen molar-refractivity contribution in [1.82, 2.24) is 4.90 Å². The highest BCUT2D eigenvalue weighted by atomic mass is 16.5. The zero-order valence-electron chi connectivity index (χ0n) is 19.7. The topological polar surface area (TPSA) is 76.1 Å². The second-order valence-electron chi connectivity index (χ2n) is 8.81. The minimum absolute atomic E-state index is 0.0641. The Morgan fingerprint density at radius 3 is 2.24 bits per heavy atom. The van der Waals surface area contributed by atoms with Crippen LogP contribution in [0, 0.1) is 0 Å². The van der Waals surface area contributed by atoms with Crippen LogP contribution in [0.5, 0.6) is 5.75 Å². The van der Waals surface area contributed by atoms with Crippen LogP contribution in [0.4, 0.5) is 0 Å². The molecule has 6 heteroatoms. The van der Waals surface area contributed by atoms with Crippen LogP contribution in [-0.4, -0.2) is 55.3 Å². The number of hydrogen-bond acceptors (Lipinski definition) is 4. The van der Waals surface area contributed by atoms with E-state index >= 15 is 0 Å².